The van der Waals surface area contributed by atoms with Crippen LogP contribution >= 0.6 is 23.2 Å². The number of benzene rings is 1. The minimum absolute atomic E-state index is 0.311. The zero-order chi connectivity index (χ0) is 11.3. The van der Waals surface area contributed by atoms with Gasteiger partial charge in [0.1, 0.15) is 0 Å². The van der Waals surface area contributed by atoms with E-state index in [0.717, 1.165) is 35.0 Å². The molecule has 0 aliphatic carbocycles. The highest BCUT2D eigenvalue weighted by Gasteiger charge is 2.12. The van der Waals surface area contributed by atoms with Gasteiger partial charge in [0.05, 0.1) is 0 Å². The fraction of sp³-hybridized carbons (Fsp3) is 0.500. The van der Waals surface area contributed by atoms with Crippen molar-refractivity contribution in [3.8, 4) is 0 Å². The lowest BCUT2D eigenvalue weighted by atomic mass is 10.0. The molecule has 1 unspecified atom stereocenters. The number of hydrogen-bond acceptors (Lipinski definition) is 1. The lowest BCUT2D eigenvalue weighted by Gasteiger charge is -2.19. The van der Waals surface area contributed by atoms with Gasteiger partial charge in [-0.25, -0.2) is 0 Å². The van der Waals surface area contributed by atoms with Gasteiger partial charge < -0.3 is 5.32 Å². The van der Waals surface area contributed by atoms with Crippen molar-refractivity contribution in [3.63, 3.8) is 0 Å². The van der Waals surface area contributed by atoms with Crippen LogP contribution in [0.4, 0.5) is 0 Å². The summed E-state index contributed by atoms with van der Waals surface area (Å²) in [6.45, 7) is 5.21. The van der Waals surface area contributed by atoms with Gasteiger partial charge in [0.15, 0.2) is 0 Å². The first-order chi connectivity index (χ1) is 7.19. The minimum atomic E-state index is 0.311. The van der Waals surface area contributed by atoms with Gasteiger partial charge >= 0.3 is 0 Å². The molecule has 1 atom stereocenters. The van der Waals surface area contributed by atoms with E-state index in [0.29, 0.717) is 6.04 Å². The quantitative estimate of drug-likeness (QED) is 0.809. The van der Waals surface area contributed by atoms with E-state index in [4.69, 9.17) is 23.2 Å². The summed E-state index contributed by atoms with van der Waals surface area (Å²) in [6, 6.07) is 5.94. The zero-order valence-corrected chi connectivity index (χ0v) is 10.7. The van der Waals surface area contributed by atoms with Gasteiger partial charge in [-0.2, -0.15) is 0 Å². The maximum Gasteiger partial charge on any atom is 0.0454 e. The van der Waals surface area contributed by atoms with Crippen LogP contribution < -0.4 is 5.32 Å². The normalized spacial score (nSPS) is 12.8. The van der Waals surface area contributed by atoms with Crippen LogP contribution in [0.25, 0.3) is 0 Å². The molecule has 3 heteroatoms. The number of hydrogen-bond donors (Lipinski definition) is 1. The molecule has 15 heavy (non-hydrogen) atoms. The average Bonchev–Trinajstić information content (AvgIpc) is 2.21. The first kappa shape index (κ1) is 12.8. The highest BCUT2D eigenvalue weighted by molar-refractivity contribution is 6.33. The van der Waals surface area contributed by atoms with Crippen LogP contribution in [0.5, 0.6) is 0 Å². The van der Waals surface area contributed by atoms with Crippen molar-refractivity contribution in [2.45, 2.75) is 32.7 Å². The lowest BCUT2D eigenvalue weighted by molar-refractivity contribution is 0.509. The molecule has 84 valence electrons. The van der Waals surface area contributed by atoms with Crippen LogP contribution in [0, 0.1) is 0 Å². The molecule has 0 radical (unpaired) electrons. The Kier molecular flexibility index (Phi) is 5.44. The van der Waals surface area contributed by atoms with Gasteiger partial charge in [0.2, 0.25) is 0 Å². The number of nitrogens with one attached hydrogen (secondary N) is 1. The summed E-state index contributed by atoms with van der Waals surface area (Å²) >= 11 is 12.1. The van der Waals surface area contributed by atoms with Crippen LogP contribution in [0.1, 0.15) is 38.3 Å². The Bertz CT molecular complexity index is 306. The molecule has 1 aromatic carbocycles. The molecule has 1 aromatic rings. The molecule has 0 aromatic heterocycles. The second kappa shape index (κ2) is 6.37. The topological polar surface area (TPSA) is 12.0 Å². The number of halogens is 2. The van der Waals surface area contributed by atoms with Gasteiger partial charge in [-0.1, -0.05) is 43.5 Å². The predicted molar refractivity (Wildman–Crippen MR) is 67.8 cm³/mol. The minimum Gasteiger partial charge on any atom is -0.310 e. The third-order valence-corrected chi connectivity index (χ3v) is 2.94. The molecule has 0 saturated carbocycles. The Morgan fingerprint density at radius 3 is 2.60 bits per heavy atom. The van der Waals surface area contributed by atoms with Crippen molar-refractivity contribution < 1.29 is 0 Å². The summed E-state index contributed by atoms with van der Waals surface area (Å²) in [6.07, 6.45) is 2.20. The molecule has 0 aliphatic rings. The summed E-state index contributed by atoms with van der Waals surface area (Å²) < 4.78 is 0. The van der Waals surface area contributed by atoms with Gasteiger partial charge in [0, 0.05) is 16.1 Å². The summed E-state index contributed by atoms with van der Waals surface area (Å²) in [7, 11) is 0. The van der Waals surface area contributed by atoms with E-state index in [9.17, 15) is 0 Å². The third kappa shape index (κ3) is 3.67. The van der Waals surface area contributed by atoms with Gasteiger partial charge in [-0.05, 0) is 36.7 Å². The van der Waals surface area contributed by atoms with Crippen molar-refractivity contribution in [1.29, 1.82) is 0 Å². The Labute approximate surface area is 102 Å². The SMILES string of the molecule is CCCC(NCC)c1cc(Cl)ccc1Cl. The van der Waals surface area contributed by atoms with Crippen LogP contribution in [0.2, 0.25) is 10.0 Å². The molecule has 1 nitrogen and oxygen atoms in total. The monoisotopic (exact) mass is 245 g/mol. The molecule has 1 rings (SSSR count). The summed E-state index contributed by atoms with van der Waals surface area (Å²) in [4.78, 5) is 0. The van der Waals surface area contributed by atoms with E-state index in [1.165, 1.54) is 0 Å². The van der Waals surface area contributed by atoms with Crippen molar-refractivity contribution in [2.24, 2.45) is 0 Å². The molecule has 0 amide bonds. The highest BCUT2D eigenvalue weighted by atomic mass is 35.5. The smallest absolute Gasteiger partial charge is 0.0454 e. The first-order valence-electron chi connectivity index (χ1n) is 5.37. The summed E-state index contributed by atoms with van der Waals surface area (Å²) in [5, 5.41) is 4.96. The van der Waals surface area contributed by atoms with E-state index < -0.39 is 0 Å². The fourth-order valence-electron chi connectivity index (χ4n) is 1.68. The summed E-state index contributed by atoms with van der Waals surface area (Å²) in [5.41, 5.74) is 1.10. The average molecular weight is 246 g/mol. The Morgan fingerprint density at radius 1 is 1.27 bits per heavy atom. The Hall–Kier alpha value is -0.240. The summed E-state index contributed by atoms with van der Waals surface area (Å²) in [5.74, 6) is 0. The van der Waals surface area contributed by atoms with Gasteiger partial charge in [-0.15, -0.1) is 0 Å². The van der Waals surface area contributed by atoms with E-state index >= 15 is 0 Å². The molecule has 0 saturated heterocycles. The van der Waals surface area contributed by atoms with E-state index in [1.807, 2.05) is 18.2 Å². The van der Waals surface area contributed by atoms with E-state index in [2.05, 4.69) is 19.2 Å². The number of rotatable bonds is 5. The van der Waals surface area contributed by atoms with Gasteiger partial charge in [0.25, 0.3) is 0 Å². The van der Waals surface area contributed by atoms with E-state index in [1.54, 1.807) is 0 Å². The van der Waals surface area contributed by atoms with Crippen LogP contribution in [0.3, 0.4) is 0 Å². The molecule has 0 fully saturated rings. The molecular weight excluding hydrogens is 229 g/mol. The molecule has 0 spiro atoms. The second-order valence-electron chi connectivity index (χ2n) is 3.56. The maximum absolute atomic E-state index is 6.16. The zero-order valence-electron chi connectivity index (χ0n) is 9.19. The fourth-order valence-corrected chi connectivity index (χ4v) is 2.11. The van der Waals surface area contributed by atoms with Crippen LogP contribution in [-0.2, 0) is 0 Å². The molecule has 1 N–H and O–H groups in total. The lowest BCUT2D eigenvalue weighted by Crippen LogP contribution is -2.21. The highest BCUT2D eigenvalue weighted by Crippen LogP contribution is 2.28. The molecular formula is C12H17Cl2N. The second-order valence-corrected chi connectivity index (χ2v) is 4.41. The van der Waals surface area contributed by atoms with Crippen molar-refractivity contribution in [2.75, 3.05) is 6.54 Å². The predicted octanol–water partition coefficient (Wildman–Crippen LogP) is 4.44. The van der Waals surface area contributed by atoms with Gasteiger partial charge in [-0.3, -0.25) is 0 Å². The standard InChI is InChI=1S/C12H17Cl2N/c1-3-5-12(15-4-2)10-8-9(13)6-7-11(10)14/h6-8,12,15H,3-5H2,1-2H3. The van der Waals surface area contributed by atoms with Crippen LogP contribution in [0.15, 0.2) is 18.2 Å². The van der Waals surface area contributed by atoms with E-state index in [-0.39, 0.29) is 0 Å². The molecule has 0 heterocycles. The maximum atomic E-state index is 6.16. The molecule has 0 bridgehead atoms. The first-order valence-corrected chi connectivity index (χ1v) is 6.13. The molecule has 0 aliphatic heterocycles. The van der Waals surface area contributed by atoms with Crippen molar-refractivity contribution in [3.05, 3.63) is 33.8 Å². The largest absolute Gasteiger partial charge is 0.310 e. The van der Waals surface area contributed by atoms with Crippen molar-refractivity contribution in [1.82, 2.24) is 5.32 Å². The van der Waals surface area contributed by atoms with Crippen molar-refractivity contribution >= 4 is 23.2 Å². The third-order valence-electron chi connectivity index (χ3n) is 2.36. The van der Waals surface area contributed by atoms with Crippen LogP contribution in [-0.4, -0.2) is 6.54 Å². The Balaban J connectivity index is 2.93. The Morgan fingerprint density at radius 2 is 2.00 bits per heavy atom.